The van der Waals surface area contributed by atoms with E-state index in [4.69, 9.17) is 5.73 Å². The van der Waals surface area contributed by atoms with Crippen LogP contribution in [0.15, 0.2) is 18.2 Å². The molecule has 5 heteroatoms. The van der Waals surface area contributed by atoms with Gasteiger partial charge in [-0.1, -0.05) is 6.92 Å². The number of aromatic hydroxyl groups is 2. The zero-order valence-corrected chi connectivity index (χ0v) is 10.7. The third kappa shape index (κ3) is 3.37. The molecule has 5 N–H and O–H groups in total. The molecular weight excluding hydrogens is 232 g/mol. The Morgan fingerprint density at radius 2 is 2.06 bits per heavy atom. The topological polar surface area (TPSA) is 95.6 Å². The van der Waals surface area contributed by atoms with E-state index in [1.165, 1.54) is 18.2 Å². The smallest absolute Gasteiger partial charge is 0.251 e. The van der Waals surface area contributed by atoms with E-state index in [9.17, 15) is 15.0 Å². The van der Waals surface area contributed by atoms with Gasteiger partial charge in [0.05, 0.1) is 0 Å². The van der Waals surface area contributed by atoms with Crippen LogP contribution in [0.1, 0.15) is 37.0 Å². The number of rotatable bonds is 5. The Morgan fingerprint density at radius 3 is 2.56 bits per heavy atom. The molecule has 5 nitrogen and oxygen atoms in total. The number of amides is 1. The summed E-state index contributed by atoms with van der Waals surface area (Å²) < 4.78 is 0. The van der Waals surface area contributed by atoms with Crippen molar-refractivity contribution in [1.82, 2.24) is 5.32 Å². The van der Waals surface area contributed by atoms with Crippen LogP contribution in [0.3, 0.4) is 0 Å². The van der Waals surface area contributed by atoms with Gasteiger partial charge < -0.3 is 21.3 Å². The van der Waals surface area contributed by atoms with Gasteiger partial charge in [0.25, 0.3) is 5.91 Å². The van der Waals surface area contributed by atoms with Crippen LogP contribution < -0.4 is 11.1 Å². The highest BCUT2D eigenvalue weighted by Crippen LogP contribution is 2.25. The molecule has 100 valence electrons. The average Bonchev–Trinajstić information content (AvgIpc) is 2.32. The predicted molar refractivity (Wildman–Crippen MR) is 69.6 cm³/mol. The molecule has 0 spiro atoms. The number of hydrogen-bond donors (Lipinski definition) is 4. The normalized spacial score (nSPS) is 13.9. The van der Waals surface area contributed by atoms with Crippen molar-refractivity contribution in [3.05, 3.63) is 23.8 Å². The van der Waals surface area contributed by atoms with Crippen LogP contribution >= 0.6 is 0 Å². The molecule has 1 aromatic rings. The zero-order valence-electron chi connectivity index (χ0n) is 10.7. The van der Waals surface area contributed by atoms with E-state index in [2.05, 4.69) is 5.32 Å². The van der Waals surface area contributed by atoms with E-state index in [1.807, 2.05) is 13.8 Å². The highest BCUT2D eigenvalue weighted by Gasteiger charge is 2.24. The largest absolute Gasteiger partial charge is 0.504 e. The van der Waals surface area contributed by atoms with E-state index in [0.717, 1.165) is 6.42 Å². The third-order valence-corrected chi connectivity index (χ3v) is 3.13. The van der Waals surface area contributed by atoms with Crippen LogP contribution in [0.2, 0.25) is 0 Å². The van der Waals surface area contributed by atoms with Crippen molar-refractivity contribution in [3.8, 4) is 11.5 Å². The fraction of sp³-hybridized carbons (Fsp3) is 0.462. The monoisotopic (exact) mass is 252 g/mol. The van der Waals surface area contributed by atoms with Gasteiger partial charge in [0.15, 0.2) is 11.5 Å². The first kappa shape index (κ1) is 14.3. The number of nitrogens with one attached hydrogen (secondary N) is 1. The Labute approximate surface area is 107 Å². The van der Waals surface area contributed by atoms with Gasteiger partial charge in [0, 0.05) is 11.1 Å². The van der Waals surface area contributed by atoms with Crippen LogP contribution in [0, 0.1) is 0 Å². The summed E-state index contributed by atoms with van der Waals surface area (Å²) in [6.45, 7) is 4.40. The number of hydrogen-bond acceptors (Lipinski definition) is 4. The molecule has 0 aliphatic carbocycles. The summed E-state index contributed by atoms with van der Waals surface area (Å²) in [7, 11) is 0. The second-order valence-corrected chi connectivity index (χ2v) is 4.61. The third-order valence-electron chi connectivity index (χ3n) is 3.13. The summed E-state index contributed by atoms with van der Waals surface area (Å²) in [5.41, 5.74) is 5.47. The van der Waals surface area contributed by atoms with Crippen LogP contribution in [-0.2, 0) is 0 Å². The summed E-state index contributed by atoms with van der Waals surface area (Å²) >= 11 is 0. The van der Waals surface area contributed by atoms with Crippen molar-refractivity contribution in [3.63, 3.8) is 0 Å². The van der Waals surface area contributed by atoms with Crippen molar-refractivity contribution < 1.29 is 15.0 Å². The van der Waals surface area contributed by atoms with Gasteiger partial charge >= 0.3 is 0 Å². The molecular formula is C13H20N2O3. The summed E-state index contributed by atoms with van der Waals surface area (Å²) in [4.78, 5) is 12.0. The van der Waals surface area contributed by atoms with Crippen molar-refractivity contribution in [2.45, 2.75) is 32.2 Å². The van der Waals surface area contributed by atoms with Crippen LogP contribution in [-0.4, -0.2) is 28.2 Å². The minimum absolute atomic E-state index is 0.244. The van der Waals surface area contributed by atoms with E-state index < -0.39 is 0 Å². The first-order chi connectivity index (χ1) is 8.41. The number of nitrogens with two attached hydrogens (primary N) is 1. The number of phenols is 2. The van der Waals surface area contributed by atoms with E-state index in [1.54, 1.807) is 0 Å². The fourth-order valence-electron chi connectivity index (χ4n) is 1.66. The summed E-state index contributed by atoms with van der Waals surface area (Å²) in [5.74, 6) is -0.838. The molecule has 0 bridgehead atoms. The molecule has 0 radical (unpaired) electrons. The molecule has 1 atom stereocenters. The van der Waals surface area contributed by atoms with Gasteiger partial charge in [0.1, 0.15) is 0 Å². The summed E-state index contributed by atoms with van der Waals surface area (Å²) in [6, 6.07) is 3.99. The quantitative estimate of drug-likeness (QED) is 0.595. The molecule has 18 heavy (non-hydrogen) atoms. The molecule has 0 saturated carbocycles. The number of carbonyl (C=O) groups is 1. The predicted octanol–water partition coefficient (Wildman–Crippen LogP) is 1.35. The molecule has 0 fully saturated rings. The average molecular weight is 252 g/mol. The maximum absolute atomic E-state index is 12.0. The second kappa shape index (κ2) is 5.73. The lowest BCUT2D eigenvalue weighted by Gasteiger charge is -2.29. The maximum atomic E-state index is 12.0. The van der Waals surface area contributed by atoms with Crippen molar-refractivity contribution in [2.24, 2.45) is 5.73 Å². The second-order valence-electron chi connectivity index (χ2n) is 4.61. The molecule has 1 rings (SSSR count). The standard InChI is InChI=1S/C13H20N2O3/c1-3-13(2,6-7-14)15-12(18)9-4-5-10(16)11(17)8-9/h4-5,8,16-17H,3,6-7,14H2,1-2H3,(H,15,18). The van der Waals surface area contributed by atoms with E-state index in [0.29, 0.717) is 18.5 Å². The van der Waals surface area contributed by atoms with Crippen molar-refractivity contribution >= 4 is 5.91 Å². The molecule has 0 saturated heterocycles. The Bertz CT molecular complexity index is 434. The first-order valence-electron chi connectivity index (χ1n) is 5.96. The van der Waals surface area contributed by atoms with Gasteiger partial charge in [0.2, 0.25) is 0 Å². The highest BCUT2D eigenvalue weighted by atomic mass is 16.3. The van der Waals surface area contributed by atoms with E-state index in [-0.39, 0.29) is 22.9 Å². The molecule has 0 aromatic heterocycles. The first-order valence-corrected chi connectivity index (χ1v) is 5.96. The lowest BCUT2D eigenvalue weighted by atomic mass is 9.94. The lowest BCUT2D eigenvalue weighted by Crippen LogP contribution is -2.46. The highest BCUT2D eigenvalue weighted by molar-refractivity contribution is 5.95. The Balaban J connectivity index is 2.84. The molecule has 1 aromatic carbocycles. The number of phenolic OH excluding ortho intramolecular Hbond substituents is 2. The molecule has 0 aliphatic heterocycles. The Morgan fingerprint density at radius 1 is 1.39 bits per heavy atom. The van der Waals surface area contributed by atoms with Gasteiger partial charge in [-0.25, -0.2) is 0 Å². The van der Waals surface area contributed by atoms with Crippen molar-refractivity contribution in [1.29, 1.82) is 0 Å². The van der Waals surface area contributed by atoms with Crippen LogP contribution in [0.25, 0.3) is 0 Å². The van der Waals surface area contributed by atoms with Crippen molar-refractivity contribution in [2.75, 3.05) is 6.54 Å². The Hall–Kier alpha value is -1.75. The molecule has 0 heterocycles. The van der Waals surface area contributed by atoms with Gasteiger partial charge in [-0.05, 0) is 44.5 Å². The van der Waals surface area contributed by atoms with Gasteiger partial charge in [-0.15, -0.1) is 0 Å². The number of benzene rings is 1. The van der Waals surface area contributed by atoms with Gasteiger partial charge in [-0.3, -0.25) is 4.79 Å². The molecule has 0 aliphatic rings. The summed E-state index contributed by atoms with van der Waals surface area (Å²) in [5, 5.41) is 21.4. The van der Waals surface area contributed by atoms with Gasteiger partial charge in [-0.2, -0.15) is 0 Å². The lowest BCUT2D eigenvalue weighted by molar-refractivity contribution is 0.0899. The molecule has 1 unspecified atom stereocenters. The molecule has 1 amide bonds. The fourth-order valence-corrected chi connectivity index (χ4v) is 1.66. The number of carbonyl (C=O) groups excluding carboxylic acids is 1. The Kier molecular flexibility index (Phi) is 4.55. The van der Waals surface area contributed by atoms with Crippen LogP contribution in [0.5, 0.6) is 11.5 Å². The zero-order chi connectivity index (χ0) is 13.8. The minimum atomic E-state index is -0.362. The minimum Gasteiger partial charge on any atom is -0.504 e. The maximum Gasteiger partial charge on any atom is 0.251 e. The summed E-state index contributed by atoms with van der Waals surface area (Å²) in [6.07, 6.45) is 1.44. The SMILES string of the molecule is CCC(C)(CCN)NC(=O)c1ccc(O)c(O)c1. The van der Waals surface area contributed by atoms with Crippen LogP contribution in [0.4, 0.5) is 0 Å². The van der Waals surface area contributed by atoms with E-state index >= 15 is 0 Å².